The Labute approximate surface area is 124 Å². The number of rotatable bonds is 2. The van der Waals surface area contributed by atoms with Crippen LogP contribution in [0.25, 0.3) is 10.9 Å². The highest BCUT2D eigenvalue weighted by atomic mass is 32.1. The Balaban J connectivity index is 2.20. The molecule has 0 atom stereocenters. The van der Waals surface area contributed by atoms with E-state index in [2.05, 4.69) is 18.7 Å². The standard InChI is InChI=1S/C16H19N3S/c1-16(2)8-5-9-19(16)14-10-12(15(17)20)11-6-3-4-7-13(11)18-14/h3-4,6-7,10H,5,8-9H2,1-2H3,(H2,17,20). The molecule has 0 unspecified atom stereocenters. The number of hydrogen-bond acceptors (Lipinski definition) is 3. The van der Waals surface area contributed by atoms with Gasteiger partial charge < -0.3 is 10.6 Å². The Morgan fingerprint density at radius 1 is 1.35 bits per heavy atom. The molecule has 20 heavy (non-hydrogen) atoms. The van der Waals surface area contributed by atoms with Gasteiger partial charge >= 0.3 is 0 Å². The highest BCUT2D eigenvalue weighted by Gasteiger charge is 2.33. The van der Waals surface area contributed by atoms with Gasteiger partial charge in [0.25, 0.3) is 0 Å². The number of hydrogen-bond donors (Lipinski definition) is 1. The zero-order valence-corrected chi connectivity index (χ0v) is 12.7. The maximum absolute atomic E-state index is 5.90. The summed E-state index contributed by atoms with van der Waals surface area (Å²) >= 11 is 5.21. The number of pyridine rings is 1. The smallest absolute Gasteiger partial charge is 0.130 e. The van der Waals surface area contributed by atoms with Crippen molar-refractivity contribution >= 4 is 33.9 Å². The van der Waals surface area contributed by atoms with E-state index in [9.17, 15) is 0 Å². The third kappa shape index (κ3) is 2.14. The van der Waals surface area contributed by atoms with Gasteiger partial charge in [-0.15, -0.1) is 0 Å². The van der Waals surface area contributed by atoms with Crippen molar-refractivity contribution in [2.45, 2.75) is 32.2 Å². The molecule has 0 amide bonds. The first-order valence-electron chi connectivity index (χ1n) is 6.96. The topological polar surface area (TPSA) is 42.1 Å². The summed E-state index contributed by atoms with van der Waals surface area (Å²) in [6.45, 7) is 5.56. The molecule has 0 bridgehead atoms. The molecule has 0 spiro atoms. The maximum Gasteiger partial charge on any atom is 0.130 e. The van der Waals surface area contributed by atoms with E-state index in [1.54, 1.807) is 0 Å². The van der Waals surface area contributed by atoms with Crippen LogP contribution in [-0.2, 0) is 0 Å². The summed E-state index contributed by atoms with van der Waals surface area (Å²) in [4.78, 5) is 7.60. The van der Waals surface area contributed by atoms with E-state index in [0.717, 1.165) is 28.8 Å². The Morgan fingerprint density at radius 3 is 2.75 bits per heavy atom. The fraction of sp³-hybridized carbons (Fsp3) is 0.375. The predicted molar refractivity (Wildman–Crippen MR) is 88.3 cm³/mol. The highest BCUT2D eigenvalue weighted by Crippen LogP contribution is 2.34. The van der Waals surface area contributed by atoms with Crippen molar-refractivity contribution in [3.05, 3.63) is 35.9 Å². The predicted octanol–water partition coefficient (Wildman–Crippen LogP) is 3.25. The molecule has 1 aliphatic rings. The normalized spacial score (nSPS) is 17.6. The van der Waals surface area contributed by atoms with Gasteiger partial charge in [-0.05, 0) is 38.8 Å². The second-order valence-electron chi connectivity index (χ2n) is 5.98. The van der Waals surface area contributed by atoms with Crippen molar-refractivity contribution < 1.29 is 0 Å². The molecule has 3 rings (SSSR count). The number of benzene rings is 1. The number of para-hydroxylation sites is 1. The summed E-state index contributed by atoms with van der Waals surface area (Å²) in [6.07, 6.45) is 2.38. The fourth-order valence-corrected chi connectivity index (χ4v) is 3.20. The van der Waals surface area contributed by atoms with Crippen LogP contribution in [0, 0.1) is 0 Å². The summed E-state index contributed by atoms with van der Waals surface area (Å²) in [6, 6.07) is 10.1. The molecule has 0 aliphatic carbocycles. The van der Waals surface area contributed by atoms with Crippen LogP contribution in [-0.4, -0.2) is 22.1 Å². The number of anilines is 1. The van der Waals surface area contributed by atoms with E-state index in [1.165, 1.54) is 12.8 Å². The van der Waals surface area contributed by atoms with Gasteiger partial charge in [-0.2, -0.15) is 0 Å². The Bertz CT molecular complexity index is 678. The van der Waals surface area contributed by atoms with Crippen molar-refractivity contribution in [3.63, 3.8) is 0 Å². The molecule has 2 aromatic rings. The van der Waals surface area contributed by atoms with Crippen LogP contribution >= 0.6 is 12.2 Å². The van der Waals surface area contributed by atoms with Crippen molar-refractivity contribution in [1.29, 1.82) is 0 Å². The minimum absolute atomic E-state index is 0.142. The van der Waals surface area contributed by atoms with Gasteiger partial charge in [0.1, 0.15) is 10.8 Å². The van der Waals surface area contributed by atoms with E-state index in [1.807, 2.05) is 30.3 Å². The second-order valence-corrected chi connectivity index (χ2v) is 6.42. The summed E-state index contributed by atoms with van der Waals surface area (Å²) in [5, 5.41) is 1.03. The number of fused-ring (bicyclic) bond motifs is 1. The van der Waals surface area contributed by atoms with Gasteiger partial charge in [0.2, 0.25) is 0 Å². The van der Waals surface area contributed by atoms with Gasteiger partial charge in [-0.25, -0.2) is 4.98 Å². The molecule has 1 aromatic heterocycles. The number of nitrogens with zero attached hydrogens (tertiary/aromatic N) is 2. The van der Waals surface area contributed by atoms with Crippen molar-refractivity contribution in [2.75, 3.05) is 11.4 Å². The average Bonchev–Trinajstić information content (AvgIpc) is 2.77. The molecule has 2 heterocycles. The van der Waals surface area contributed by atoms with E-state index in [4.69, 9.17) is 22.9 Å². The molecule has 1 aliphatic heterocycles. The van der Waals surface area contributed by atoms with E-state index in [0.29, 0.717) is 4.99 Å². The largest absolute Gasteiger partial charge is 0.389 e. The van der Waals surface area contributed by atoms with E-state index in [-0.39, 0.29) is 5.54 Å². The summed E-state index contributed by atoms with van der Waals surface area (Å²) in [5.74, 6) is 0.981. The SMILES string of the molecule is CC1(C)CCCN1c1cc(C(N)=S)c2ccccc2n1. The molecular formula is C16H19N3S. The first-order valence-corrected chi connectivity index (χ1v) is 7.37. The molecule has 2 N–H and O–H groups in total. The van der Waals surface area contributed by atoms with Crippen LogP contribution in [0.15, 0.2) is 30.3 Å². The monoisotopic (exact) mass is 285 g/mol. The maximum atomic E-state index is 5.90. The van der Waals surface area contributed by atoms with Crippen molar-refractivity contribution in [1.82, 2.24) is 4.98 Å². The van der Waals surface area contributed by atoms with E-state index >= 15 is 0 Å². The Hall–Kier alpha value is -1.68. The molecule has 4 heteroatoms. The first-order chi connectivity index (χ1) is 9.49. The van der Waals surface area contributed by atoms with Gasteiger partial charge in [0.15, 0.2) is 0 Å². The number of nitrogens with two attached hydrogens (primary N) is 1. The quantitative estimate of drug-likeness (QED) is 0.860. The number of thiocarbonyl (C=S) groups is 1. The molecule has 3 nitrogen and oxygen atoms in total. The average molecular weight is 285 g/mol. The molecule has 0 saturated carbocycles. The van der Waals surface area contributed by atoms with Crippen LogP contribution in [0.5, 0.6) is 0 Å². The number of aromatic nitrogens is 1. The third-order valence-electron chi connectivity index (χ3n) is 4.15. The molecule has 0 radical (unpaired) electrons. The highest BCUT2D eigenvalue weighted by molar-refractivity contribution is 7.80. The van der Waals surface area contributed by atoms with Crippen LogP contribution in [0.3, 0.4) is 0 Å². The molecule has 1 aromatic carbocycles. The lowest BCUT2D eigenvalue weighted by Crippen LogP contribution is -2.38. The Kier molecular flexibility index (Phi) is 3.13. The molecule has 1 saturated heterocycles. The van der Waals surface area contributed by atoms with Crippen LogP contribution in [0.2, 0.25) is 0 Å². The lowest BCUT2D eigenvalue weighted by Gasteiger charge is -2.33. The first kappa shape index (κ1) is 13.3. The summed E-state index contributed by atoms with van der Waals surface area (Å²) in [7, 11) is 0. The van der Waals surface area contributed by atoms with Gasteiger partial charge in [-0.1, -0.05) is 30.4 Å². The van der Waals surface area contributed by atoms with Crippen molar-refractivity contribution in [3.8, 4) is 0 Å². The Morgan fingerprint density at radius 2 is 2.10 bits per heavy atom. The molecule has 1 fully saturated rings. The summed E-state index contributed by atoms with van der Waals surface area (Å²) in [5.41, 5.74) is 7.92. The van der Waals surface area contributed by atoms with Crippen LogP contribution < -0.4 is 10.6 Å². The van der Waals surface area contributed by atoms with Crippen LogP contribution in [0.1, 0.15) is 32.3 Å². The minimum Gasteiger partial charge on any atom is -0.389 e. The fourth-order valence-electron chi connectivity index (χ4n) is 3.04. The van der Waals surface area contributed by atoms with Gasteiger partial charge in [-0.3, -0.25) is 0 Å². The van der Waals surface area contributed by atoms with E-state index < -0.39 is 0 Å². The molecular weight excluding hydrogens is 266 g/mol. The van der Waals surface area contributed by atoms with Gasteiger partial charge in [0, 0.05) is 23.0 Å². The zero-order valence-electron chi connectivity index (χ0n) is 11.9. The lowest BCUT2D eigenvalue weighted by atomic mass is 10.0. The van der Waals surface area contributed by atoms with Crippen molar-refractivity contribution in [2.24, 2.45) is 5.73 Å². The second kappa shape index (κ2) is 4.70. The third-order valence-corrected chi connectivity index (χ3v) is 4.37. The van der Waals surface area contributed by atoms with Gasteiger partial charge in [0.05, 0.1) is 5.52 Å². The summed E-state index contributed by atoms with van der Waals surface area (Å²) < 4.78 is 0. The lowest BCUT2D eigenvalue weighted by molar-refractivity contribution is 0.515. The minimum atomic E-state index is 0.142. The molecule has 104 valence electrons. The zero-order chi connectivity index (χ0) is 14.3. The van der Waals surface area contributed by atoms with Crippen LogP contribution in [0.4, 0.5) is 5.82 Å².